The van der Waals surface area contributed by atoms with Gasteiger partial charge < -0.3 is 0 Å². The van der Waals surface area contributed by atoms with Crippen molar-refractivity contribution in [1.82, 2.24) is 0 Å². The fourth-order valence-corrected chi connectivity index (χ4v) is 4.65. The van der Waals surface area contributed by atoms with Gasteiger partial charge in [0.1, 0.15) is 0 Å². The molecule has 1 aliphatic heterocycles. The van der Waals surface area contributed by atoms with E-state index in [9.17, 15) is 18.0 Å². The largest absolute Gasteiger partial charge is 0.416 e. The van der Waals surface area contributed by atoms with Crippen LogP contribution < -0.4 is 0 Å². The first-order valence-corrected chi connectivity index (χ1v) is 9.55. The number of hydrogen-bond acceptors (Lipinski definition) is 3. The Labute approximate surface area is 164 Å². The lowest BCUT2D eigenvalue weighted by Gasteiger charge is -2.12. The first-order valence-electron chi connectivity index (χ1n) is 8.73. The highest BCUT2D eigenvalue weighted by atomic mass is 32.2. The lowest BCUT2D eigenvalue weighted by molar-refractivity contribution is -0.137. The Balaban J connectivity index is 1.69. The zero-order valence-electron chi connectivity index (χ0n) is 14.9. The first-order chi connectivity index (χ1) is 13.4. The molecule has 2 atom stereocenters. The van der Waals surface area contributed by atoms with Crippen molar-refractivity contribution in [1.29, 1.82) is 0 Å². The number of carbonyl (C=O) groups is 1. The van der Waals surface area contributed by atoms with Crippen molar-refractivity contribution in [2.75, 3.05) is 7.05 Å². The number of alkyl halides is 3. The second-order valence-corrected chi connectivity index (χ2v) is 7.69. The maximum Gasteiger partial charge on any atom is 0.416 e. The summed E-state index contributed by atoms with van der Waals surface area (Å²) in [4.78, 5) is 17.8. The summed E-state index contributed by atoms with van der Waals surface area (Å²) >= 11 is 1.24. The number of Topliss-reactive ketones (excluding diaryl/α,β-unsaturated/α-hetero) is 1. The van der Waals surface area contributed by atoms with Gasteiger partial charge in [0.25, 0.3) is 0 Å². The topological polar surface area (TPSA) is 29.4 Å². The highest BCUT2D eigenvalue weighted by Gasteiger charge is 2.39. The standard InChI is InChI=1S/C22H16F3NOS/c1-26-21-19(15-6-4-7-16(11-15)22(23,24)25)20(27)18(28-21)12-14-10-9-13-5-2-3-8-17(13)14/h2-12,14,19H,1H3. The minimum atomic E-state index is -4.45. The van der Waals surface area contributed by atoms with Gasteiger partial charge in [-0.2, -0.15) is 13.2 Å². The van der Waals surface area contributed by atoms with Crippen LogP contribution in [-0.2, 0) is 11.0 Å². The Morgan fingerprint density at radius 2 is 1.89 bits per heavy atom. The number of aliphatic imine (C=N–C) groups is 1. The Hall–Kier alpha value is -2.60. The van der Waals surface area contributed by atoms with Gasteiger partial charge in [0, 0.05) is 13.0 Å². The Morgan fingerprint density at radius 3 is 2.64 bits per heavy atom. The number of ketones is 1. The van der Waals surface area contributed by atoms with Gasteiger partial charge in [-0.15, -0.1) is 0 Å². The van der Waals surface area contributed by atoms with Crippen LogP contribution in [0.5, 0.6) is 0 Å². The number of benzene rings is 2. The van der Waals surface area contributed by atoms with E-state index in [1.165, 1.54) is 17.8 Å². The van der Waals surface area contributed by atoms with Crippen molar-refractivity contribution in [2.24, 2.45) is 4.99 Å². The van der Waals surface area contributed by atoms with Crippen LogP contribution in [0.1, 0.15) is 34.1 Å². The molecule has 0 bridgehead atoms. The zero-order chi connectivity index (χ0) is 19.9. The van der Waals surface area contributed by atoms with Gasteiger partial charge in [-0.05, 0) is 22.8 Å². The van der Waals surface area contributed by atoms with Crippen LogP contribution in [0, 0.1) is 0 Å². The summed E-state index contributed by atoms with van der Waals surface area (Å²) in [6.07, 6.45) is 1.46. The molecule has 0 radical (unpaired) electrons. The molecule has 2 unspecified atom stereocenters. The number of thioether (sulfide) groups is 1. The van der Waals surface area contributed by atoms with Crippen LogP contribution in [-0.4, -0.2) is 17.9 Å². The van der Waals surface area contributed by atoms with Crippen molar-refractivity contribution in [3.8, 4) is 0 Å². The van der Waals surface area contributed by atoms with Gasteiger partial charge in [0.2, 0.25) is 0 Å². The van der Waals surface area contributed by atoms with Crippen LogP contribution >= 0.6 is 11.8 Å². The molecule has 0 aromatic heterocycles. The second-order valence-electron chi connectivity index (χ2n) is 6.63. The summed E-state index contributed by atoms with van der Waals surface area (Å²) in [7, 11) is 1.56. The van der Waals surface area contributed by atoms with Gasteiger partial charge in [0.15, 0.2) is 5.78 Å². The van der Waals surface area contributed by atoms with Crippen LogP contribution in [0.4, 0.5) is 13.2 Å². The normalized spacial score (nSPS) is 24.4. The average Bonchev–Trinajstić information content (AvgIpc) is 3.23. The first kappa shape index (κ1) is 18.7. The number of hydrogen-bond donors (Lipinski definition) is 0. The number of carbonyl (C=O) groups excluding carboxylic acids is 1. The molecule has 2 aliphatic rings. The van der Waals surface area contributed by atoms with Crippen molar-refractivity contribution >= 4 is 28.7 Å². The minimum absolute atomic E-state index is 0.0268. The number of allylic oxidation sites excluding steroid dienone is 3. The Morgan fingerprint density at radius 1 is 1.11 bits per heavy atom. The number of rotatable bonds is 2. The maximum atomic E-state index is 13.1. The highest BCUT2D eigenvalue weighted by Crippen LogP contribution is 2.44. The molecular formula is C22H16F3NOS. The van der Waals surface area contributed by atoms with Gasteiger partial charge in [0.05, 0.1) is 21.4 Å². The molecule has 6 heteroatoms. The van der Waals surface area contributed by atoms with E-state index in [2.05, 4.69) is 4.99 Å². The van der Waals surface area contributed by atoms with Crippen molar-refractivity contribution in [3.05, 3.63) is 87.8 Å². The van der Waals surface area contributed by atoms with Crippen molar-refractivity contribution in [3.63, 3.8) is 0 Å². The fourth-order valence-electron chi connectivity index (χ4n) is 3.54. The molecule has 2 aromatic carbocycles. The number of nitrogens with zero attached hydrogens (tertiary/aromatic N) is 1. The SMILES string of the molecule is CN=C1SC(=CC2C=Cc3ccccc32)C(=O)C1c1cccc(C(F)(F)F)c1. The third kappa shape index (κ3) is 3.33. The van der Waals surface area contributed by atoms with Crippen molar-refractivity contribution in [2.45, 2.75) is 18.0 Å². The van der Waals surface area contributed by atoms with Crippen LogP contribution in [0.15, 0.2) is 70.6 Å². The second kappa shape index (κ2) is 7.09. The van der Waals surface area contributed by atoms with E-state index in [0.717, 1.165) is 23.3 Å². The molecular weight excluding hydrogens is 383 g/mol. The molecule has 1 aliphatic carbocycles. The molecule has 4 rings (SSSR count). The lowest BCUT2D eigenvalue weighted by atomic mass is 9.92. The molecule has 2 nitrogen and oxygen atoms in total. The minimum Gasteiger partial charge on any atom is -0.292 e. The quantitative estimate of drug-likeness (QED) is 0.595. The molecule has 0 N–H and O–H groups in total. The monoisotopic (exact) mass is 399 g/mol. The fraction of sp³-hybridized carbons (Fsp3) is 0.182. The summed E-state index contributed by atoms with van der Waals surface area (Å²) in [5.41, 5.74) is 1.78. The molecule has 0 saturated carbocycles. The van der Waals surface area contributed by atoms with E-state index >= 15 is 0 Å². The summed E-state index contributed by atoms with van der Waals surface area (Å²) in [5, 5.41) is 0.519. The van der Waals surface area contributed by atoms with E-state index in [-0.39, 0.29) is 11.7 Å². The third-order valence-electron chi connectivity index (χ3n) is 4.90. The molecule has 142 valence electrons. The van der Waals surface area contributed by atoms with E-state index in [1.54, 1.807) is 13.1 Å². The summed E-state index contributed by atoms with van der Waals surface area (Å²) in [6.45, 7) is 0. The van der Waals surface area contributed by atoms with Gasteiger partial charge >= 0.3 is 6.18 Å². The molecule has 0 amide bonds. The molecule has 0 spiro atoms. The van der Waals surface area contributed by atoms with Gasteiger partial charge in [-0.3, -0.25) is 9.79 Å². The van der Waals surface area contributed by atoms with E-state index in [0.29, 0.717) is 15.5 Å². The highest BCUT2D eigenvalue weighted by molar-refractivity contribution is 8.19. The third-order valence-corrected chi connectivity index (χ3v) is 6.09. The van der Waals surface area contributed by atoms with Gasteiger partial charge in [-0.25, -0.2) is 0 Å². The summed E-state index contributed by atoms with van der Waals surface area (Å²) in [5.74, 6) is -1.02. The van der Waals surface area contributed by atoms with E-state index in [4.69, 9.17) is 0 Å². The molecule has 28 heavy (non-hydrogen) atoms. The zero-order valence-corrected chi connectivity index (χ0v) is 15.7. The summed E-state index contributed by atoms with van der Waals surface area (Å²) in [6, 6.07) is 12.9. The van der Waals surface area contributed by atoms with Crippen LogP contribution in [0.25, 0.3) is 6.08 Å². The van der Waals surface area contributed by atoms with Crippen LogP contribution in [0.2, 0.25) is 0 Å². The molecule has 1 fully saturated rings. The molecule has 1 heterocycles. The molecule has 1 saturated heterocycles. The molecule has 2 aromatic rings. The van der Waals surface area contributed by atoms with Crippen LogP contribution in [0.3, 0.4) is 0 Å². The Bertz CT molecular complexity index is 1040. The van der Waals surface area contributed by atoms with Gasteiger partial charge in [-0.1, -0.05) is 72.5 Å². The van der Waals surface area contributed by atoms with Crippen molar-refractivity contribution < 1.29 is 18.0 Å². The Kier molecular flexibility index (Phi) is 4.75. The predicted octanol–water partition coefficient (Wildman–Crippen LogP) is 5.83. The average molecular weight is 399 g/mol. The van der Waals surface area contributed by atoms with E-state index in [1.807, 2.05) is 42.5 Å². The smallest absolute Gasteiger partial charge is 0.292 e. The number of fused-ring (bicyclic) bond motifs is 1. The lowest BCUT2D eigenvalue weighted by Crippen LogP contribution is -2.14. The number of halogens is 3. The predicted molar refractivity (Wildman–Crippen MR) is 106 cm³/mol. The van der Waals surface area contributed by atoms with E-state index < -0.39 is 17.7 Å². The maximum absolute atomic E-state index is 13.1. The summed E-state index contributed by atoms with van der Waals surface area (Å²) < 4.78 is 39.2.